The first-order valence-electron chi connectivity index (χ1n) is 12.0. The van der Waals surface area contributed by atoms with E-state index in [1.54, 1.807) is 30.3 Å². The van der Waals surface area contributed by atoms with Crippen LogP contribution in [0.2, 0.25) is 5.02 Å². The van der Waals surface area contributed by atoms with Crippen LogP contribution in [0.5, 0.6) is 0 Å². The van der Waals surface area contributed by atoms with E-state index in [4.69, 9.17) is 21.1 Å². The molecule has 2 amide bonds. The zero-order chi connectivity index (χ0) is 26.2. The van der Waals surface area contributed by atoms with Crippen molar-refractivity contribution in [2.75, 3.05) is 6.61 Å². The summed E-state index contributed by atoms with van der Waals surface area (Å²) in [5.74, 6) is -1.75. The largest absolute Gasteiger partial charge is 0.458 e. The second-order valence-corrected chi connectivity index (χ2v) is 9.78. The Labute approximate surface area is 215 Å². The minimum absolute atomic E-state index is 0.000331. The molecule has 0 bridgehead atoms. The quantitative estimate of drug-likeness (QED) is 0.413. The van der Waals surface area contributed by atoms with Gasteiger partial charge in [0.15, 0.2) is 6.61 Å². The summed E-state index contributed by atoms with van der Waals surface area (Å²) in [5.41, 5.74) is 4.62. The Morgan fingerprint density at radius 2 is 1.53 bits per heavy atom. The molecular formula is C27H31ClN2O6. The van der Waals surface area contributed by atoms with Gasteiger partial charge in [0.1, 0.15) is 6.10 Å². The molecule has 1 fully saturated rings. The van der Waals surface area contributed by atoms with Gasteiger partial charge in [-0.3, -0.25) is 20.4 Å². The van der Waals surface area contributed by atoms with Crippen molar-refractivity contribution in [3.8, 4) is 0 Å². The smallest absolute Gasteiger partial charge is 0.339 e. The molecule has 0 saturated heterocycles. The van der Waals surface area contributed by atoms with Crippen molar-refractivity contribution < 1.29 is 28.7 Å². The van der Waals surface area contributed by atoms with Crippen molar-refractivity contribution in [3.63, 3.8) is 0 Å². The molecule has 3 rings (SSSR count). The van der Waals surface area contributed by atoms with Gasteiger partial charge >= 0.3 is 11.9 Å². The number of esters is 2. The van der Waals surface area contributed by atoms with Crippen LogP contribution in [0.3, 0.4) is 0 Å². The van der Waals surface area contributed by atoms with E-state index in [9.17, 15) is 19.2 Å². The molecule has 0 aromatic heterocycles. The maximum atomic E-state index is 13.0. The van der Waals surface area contributed by atoms with Gasteiger partial charge < -0.3 is 9.47 Å². The lowest BCUT2D eigenvalue weighted by atomic mass is 9.75. The van der Waals surface area contributed by atoms with Crippen LogP contribution in [0, 0.1) is 17.8 Å². The van der Waals surface area contributed by atoms with Crippen LogP contribution in [-0.2, 0) is 14.3 Å². The van der Waals surface area contributed by atoms with Gasteiger partial charge in [-0.15, -0.1) is 0 Å². The Morgan fingerprint density at radius 1 is 0.917 bits per heavy atom. The molecule has 2 aromatic rings. The predicted octanol–water partition coefficient (Wildman–Crippen LogP) is 4.58. The molecule has 9 heteroatoms. The van der Waals surface area contributed by atoms with E-state index in [1.165, 1.54) is 18.2 Å². The highest BCUT2D eigenvalue weighted by molar-refractivity contribution is 6.33. The van der Waals surface area contributed by atoms with Crippen molar-refractivity contribution in [1.29, 1.82) is 0 Å². The van der Waals surface area contributed by atoms with E-state index < -0.39 is 30.4 Å². The van der Waals surface area contributed by atoms with E-state index in [-0.39, 0.29) is 33.7 Å². The standard InChI is InChI=1S/C27H31ClN2O6/c1-16(2)18-13-12-17(3)14-23(18)36-27(34)20-9-5-4-8-19(20)26(33)35-15-24(31)29-30-25(32)21-10-6-7-11-22(21)28/h4-11,16-18,23H,12-15H2,1-3H3,(H,29,31)(H,30,32)/t17-,18+,23-/m1/s1. The number of hydrogen-bond acceptors (Lipinski definition) is 6. The summed E-state index contributed by atoms with van der Waals surface area (Å²) in [6.07, 6.45) is 2.64. The van der Waals surface area contributed by atoms with E-state index in [0.29, 0.717) is 11.8 Å². The minimum Gasteiger partial charge on any atom is -0.458 e. The van der Waals surface area contributed by atoms with Gasteiger partial charge in [-0.05, 0) is 54.9 Å². The normalized spacial score (nSPS) is 19.3. The Morgan fingerprint density at radius 3 is 2.17 bits per heavy atom. The molecule has 3 atom stereocenters. The third kappa shape index (κ3) is 7.07. The average Bonchev–Trinajstić information content (AvgIpc) is 2.86. The fourth-order valence-corrected chi connectivity index (χ4v) is 4.60. The second-order valence-electron chi connectivity index (χ2n) is 9.37. The number of hydrazine groups is 1. The van der Waals surface area contributed by atoms with Crippen molar-refractivity contribution in [1.82, 2.24) is 10.9 Å². The first-order valence-corrected chi connectivity index (χ1v) is 12.4. The maximum absolute atomic E-state index is 13.0. The molecule has 0 radical (unpaired) electrons. The summed E-state index contributed by atoms with van der Waals surface area (Å²) in [5, 5.41) is 0.224. The summed E-state index contributed by atoms with van der Waals surface area (Å²) < 4.78 is 10.9. The maximum Gasteiger partial charge on any atom is 0.339 e. The van der Waals surface area contributed by atoms with Gasteiger partial charge in [0.25, 0.3) is 11.8 Å². The number of benzene rings is 2. The SMILES string of the molecule is CC(C)[C@@H]1CC[C@@H](C)C[C@H]1OC(=O)c1ccccc1C(=O)OCC(=O)NNC(=O)c1ccccc1Cl. The summed E-state index contributed by atoms with van der Waals surface area (Å²) in [7, 11) is 0. The lowest BCUT2D eigenvalue weighted by Gasteiger charge is -2.36. The van der Waals surface area contributed by atoms with Crippen LogP contribution in [0.4, 0.5) is 0 Å². The van der Waals surface area contributed by atoms with Gasteiger partial charge in [-0.1, -0.05) is 63.1 Å². The number of ether oxygens (including phenoxy) is 2. The number of carbonyl (C=O) groups is 4. The Balaban J connectivity index is 1.58. The summed E-state index contributed by atoms with van der Waals surface area (Å²) in [6.45, 7) is 5.72. The molecule has 1 aliphatic carbocycles. The number of halogens is 1. The van der Waals surface area contributed by atoms with Gasteiger partial charge in [-0.25, -0.2) is 9.59 Å². The van der Waals surface area contributed by atoms with Gasteiger partial charge in [0, 0.05) is 0 Å². The monoisotopic (exact) mass is 514 g/mol. The van der Waals surface area contributed by atoms with Gasteiger partial charge in [0.2, 0.25) is 0 Å². The topological polar surface area (TPSA) is 111 Å². The van der Waals surface area contributed by atoms with Crippen molar-refractivity contribution in [2.45, 2.75) is 46.1 Å². The summed E-state index contributed by atoms with van der Waals surface area (Å²) in [4.78, 5) is 49.9. The second kappa shape index (κ2) is 12.5. The third-order valence-electron chi connectivity index (χ3n) is 6.35. The van der Waals surface area contributed by atoms with Gasteiger partial charge in [0.05, 0.1) is 21.7 Å². The van der Waals surface area contributed by atoms with Gasteiger partial charge in [-0.2, -0.15) is 0 Å². The van der Waals surface area contributed by atoms with Crippen LogP contribution in [0.1, 0.15) is 71.1 Å². The molecule has 0 unspecified atom stereocenters. The predicted molar refractivity (Wildman–Crippen MR) is 134 cm³/mol. The molecule has 36 heavy (non-hydrogen) atoms. The summed E-state index contributed by atoms with van der Waals surface area (Å²) >= 11 is 5.96. The molecule has 2 aromatic carbocycles. The molecule has 2 N–H and O–H groups in total. The van der Waals surface area contributed by atoms with Crippen LogP contribution in [0.15, 0.2) is 48.5 Å². The number of rotatable bonds is 7. The van der Waals surface area contributed by atoms with E-state index in [1.807, 2.05) is 0 Å². The number of nitrogens with one attached hydrogen (secondary N) is 2. The van der Waals surface area contributed by atoms with Crippen LogP contribution < -0.4 is 10.9 Å². The van der Waals surface area contributed by atoms with Crippen molar-refractivity contribution in [3.05, 3.63) is 70.2 Å². The molecule has 0 heterocycles. The molecule has 1 saturated carbocycles. The molecule has 1 aliphatic rings. The van der Waals surface area contributed by atoms with Crippen LogP contribution >= 0.6 is 11.6 Å². The van der Waals surface area contributed by atoms with E-state index in [2.05, 4.69) is 31.6 Å². The van der Waals surface area contributed by atoms with Crippen molar-refractivity contribution >= 4 is 35.4 Å². The molecule has 0 aliphatic heterocycles. The molecule has 8 nitrogen and oxygen atoms in total. The number of carbonyl (C=O) groups excluding carboxylic acids is 4. The Hall–Kier alpha value is -3.39. The zero-order valence-electron chi connectivity index (χ0n) is 20.6. The first kappa shape index (κ1) is 27.2. The highest BCUT2D eigenvalue weighted by Gasteiger charge is 2.34. The van der Waals surface area contributed by atoms with Crippen LogP contribution in [0.25, 0.3) is 0 Å². The lowest BCUT2D eigenvalue weighted by Crippen LogP contribution is -2.43. The summed E-state index contributed by atoms with van der Waals surface area (Å²) in [6, 6.07) is 12.5. The zero-order valence-corrected chi connectivity index (χ0v) is 21.3. The molecular weight excluding hydrogens is 484 g/mol. The Bertz CT molecular complexity index is 1120. The number of amides is 2. The minimum atomic E-state index is -0.854. The highest BCUT2D eigenvalue weighted by atomic mass is 35.5. The molecule has 0 spiro atoms. The van der Waals surface area contributed by atoms with E-state index in [0.717, 1.165) is 19.3 Å². The highest BCUT2D eigenvalue weighted by Crippen LogP contribution is 2.35. The Kier molecular flexibility index (Phi) is 9.47. The van der Waals surface area contributed by atoms with Crippen molar-refractivity contribution in [2.24, 2.45) is 17.8 Å². The first-order chi connectivity index (χ1) is 17.2. The number of hydrogen-bond donors (Lipinski definition) is 2. The third-order valence-corrected chi connectivity index (χ3v) is 6.68. The van der Waals surface area contributed by atoms with Crippen LogP contribution in [-0.4, -0.2) is 36.5 Å². The average molecular weight is 515 g/mol. The fourth-order valence-electron chi connectivity index (χ4n) is 4.37. The van der Waals surface area contributed by atoms with E-state index >= 15 is 0 Å². The molecule has 192 valence electrons. The fraction of sp³-hybridized carbons (Fsp3) is 0.407. The lowest BCUT2D eigenvalue weighted by molar-refractivity contribution is -0.125.